The quantitative estimate of drug-likeness (QED) is 0.128. The van der Waals surface area contributed by atoms with Gasteiger partial charge >= 0.3 is 16.3 Å². The van der Waals surface area contributed by atoms with Crippen LogP contribution in [-0.4, -0.2) is 31.3 Å². The standard InChI is InChI=1S/C27H21F3N2O8S/c1-38-24-12-7-18(14-25(24)40-41(36,37)23-6-2-4-20(15-23)27(28,29)30)16-31(17-22-5-3-13-39-22)26(33)19-8-10-21(11-9-19)32(34)35/h2-15H,16-17H2,1H3. The fourth-order valence-corrected chi connectivity index (χ4v) is 4.78. The van der Waals surface area contributed by atoms with Crippen LogP contribution in [0.1, 0.15) is 27.2 Å². The molecule has 3 aromatic carbocycles. The van der Waals surface area contributed by atoms with Crippen LogP contribution in [0.5, 0.6) is 11.5 Å². The number of carbonyl (C=O) groups is 1. The summed E-state index contributed by atoms with van der Waals surface area (Å²) in [7, 11) is -3.47. The lowest BCUT2D eigenvalue weighted by atomic mass is 10.1. The zero-order chi connectivity index (χ0) is 29.8. The zero-order valence-corrected chi connectivity index (χ0v) is 22.0. The van der Waals surface area contributed by atoms with E-state index in [0.29, 0.717) is 17.4 Å². The second-order valence-corrected chi connectivity index (χ2v) is 10.1. The van der Waals surface area contributed by atoms with Crippen LogP contribution in [-0.2, 0) is 29.4 Å². The van der Waals surface area contributed by atoms with E-state index in [1.165, 1.54) is 54.7 Å². The van der Waals surface area contributed by atoms with E-state index in [9.17, 15) is 36.5 Å². The smallest absolute Gasteiger partial charge is 0.416 e. The monoisotopic (exact) mass is 590 g/mol. The van der Waals surface area contributed by atoms with E-state index in [1.807, 2.05) is 0 Å². The third-order valence-electron chi connectivity index (χ3n) is 5.79. The van der Waals surface area contributed by atoms with Gasteiger partial charge in [-0.15, -0.1) is 0 Å². The molecule has 0 unspecified atom stereocenters. The topological polar surface area (TPSA) is 129 Å². The number of benzene rings is 3. The average Bonchev–Trinajstić information content (AvgIpc) is 3.45. The molecule has 10 nitrogen and oxygen atoms in total. The van der Waals surface area contributed by atoms with E-state index in [1.54, 1.807) is 18.2 Å². The van der Waals surface area contributed by atoms with Gasteiger partial charge in [0.1, 0.15) is 10.7 Å². The number of rotatable bonds is 10. The molecule has 0 aliphatic heterocycles. The van der Waals surface area contributed by atoms with Gasteiger partial charge in [-0.2, -0.15) is 21.6 Å². The van der Waals surface area contributed by atoms with Gasteiger partial charge in [-0.05, 0) is 60.2 Å². The number of carbonyl (C=O) groups excluding carboxylic acids is 1. The minimum absolute atomic E-state index is 0.00638. The molecule has 1 heterocycles. The molecule has 4 aromatic rings. The molecule has 0 atom stereocenters. The molecule has 0 fully saturated rings. The Hall–Kier alpha value is -4.85. The Morgan fingerprint density at radius 2 is 1.71 bits per heavy atom. The summed E-state index contributed by atoms with van der Waals surface area (Å²) in [6, 6.07) is 15.6. The summed E-state index contributed by atoms with van der Waals surface area (Å²) in [5.74, 6) is -0.421. The summed E-state index contributed by atoms with van der Waals surface area (Å²) in [5.41, 5.74) is -0.833. The molecule has 41 heavy (non-hydrogen) atoms. The minimum Gasteiger partial charge on any atom is -0.493 e. The Morgan fingerprint density at radius 1 is 0.976 bits per heavy atom. The molecule has 14 heteroatoms. The van der Waals surface area contributed by atoms with Crippen LogP contribution in [0.4, 0.5) is 18.9 Å². The predicted octanol–water partition coefficient (Wildman–Crippen LogP) is 5.83. The zero-order valence-electron chi connectivity index (χ0n) is 21.2. The van der Waals surface area contributed by atoms with E-state index in [-0.39, 0.29) is 35.8 Å². The number of non-ortho nitro benzene ring substituents is 1. The second-order valence-electron chi connectivity index (χ2n) is 8.59. The van der Waals surface area contributed by atoms with Gasteiger partial charge in [0.15, 0.2) is 11.5 Å². The number of nitrogens with zero attached hydrogens (tertiary/aromatic N) is 2. The van der Waals surface area contributed by atoms with Crippen LogP contribution in [0, 0.1) is 10.1 Å². The van der Waals surface area contributed by atoms with E-state index in [0.717, 1.165) is 18.2 Å². The molecule has 0 saturated carbocycles. The van der Waals surface area contributed by atoms with Crippen LogP contribution in [0.2, 0.25) is 0 Å². The van der Waals surface area contributed by atoms with Crippen LogP contribution in [0.15, 0.2) is 94.4 Å². The molecule has 1 amide bonds. The molecule has 0 saturated heterocycles. The Morgan fingerprint density at radius 3 is 2.32 bits per heavy atom. The molecule has 0 bridgehead atoms. The number of hydrogen-bond donors (Lipinski definition) is 0. The number of halogens is 3. The first-order chi connectivity index (χ1) is 19.4. The van der Waals surface area contributed by atoms with Crippen molar-refractivity contribution in [2.24, 2.45) is 0 Å². The van der Waals surface area contributed by atoms with Gasteiger partial charge in [0.25, 0.3) is 11.6 Å². The molecule has 0 spiro atoms. The molecule has 0 N–H and O–H groups in total. The van der Waals surface area contributed by atoms with Crippen molar-refractivity contribution in [1.29, 1.82) is 0 Å². The van der Waals surface area contributed by atoms with Crippen molar-refractivity contribution in [3.05, 3.63) is 118 Å². The van der Waals surface area contributed by atoms with Gasteiger partial charge in [-0.1, -0.05) is 12.1 Å². The Labute approximate surface area is 231 Å². The fraction of sp³-hybridized carbons (Fsp3) is 0.148. The fourth-order valence-electron chi connectivity index (χ4n) is 3.80. The number of furan rings is 1. The van der Waals surface area contributed by atoms with Crippen molar-refractivity contribution in [2.45, 2.75) is 24.2 Å². The largest absolute Gasteiger partial charge is 0.493 e. The molecular weight excluding hydrogens is 569 g/mol. The number of nitro benzene ring substituents is 1. The van der Waals surface area contributed by atoms with Gasteiger partial charge in [0, 0.05) is 24.2 Å². The SMILES string of the molecule is COc1ccc(CN(Cc2ccco2)C(=O)c2ccc([N+](=O)[O-])cc2)cc1OS(=O)(=O)c1cccc(C(F)(F)F)c1. The van der Waals surface area contributed by atoms with Crippen LogP contribution in [0.25, 0.3) is 0 Å². The van der Waals surface area contributed by atoms with Gasteiger partial charge in [-0.25, -0.2) is 0 Å². The third-order valence-corrected chi connectivity index (χ3v) is 7.02. The first-order valence-corrected chi connectivity index (χ1v) is 13.1. The summed E-state index contributed by atoms with van der Waals surface area (Å²) < 4.78 is 80.9. The highest BCUT2D eigenvalue weighted by Crippen LogP contribution is 2.34. The minimum atomic E-state index is -4.77. The number of ether oxygens (including phenoxy) is 1. The van der Waals surface area contributed by atoms with Crippen molar-refractivity contribution >= 4 is 21.7 Å². The highest BCUT2D eigenvalue weighted by Gasteiger charge is 2.32. The molecule has 0 aliphatic rings. The predicted molar refractivity (Wildman–Crippen MR) is 138 cm³/mol. The van der Waals surface area contributed by atoms with E-state index >= 15 is 0 Å². The first-order valence-electron chi connectivity index (χ1n) is 11.7. The van der Waals surface area contributed by atoms with Gasteiger partial charge in [0.2, 0.25) is 0 Å². The summed E-state index contributed by atoms with van der Waals surface area (Å²) in [4.78, 5) is 24.4. The van der Waals surface area contributed by atoms with Crippen molar-refractivity contribution in [3.8, 4) is 11.5 Å². The summed E-state index contributed by atoms with van der Waals surface area (Å²) in [6.07, 6.45) is -3.35. The van der Waals surface area contributed by atoms with Gasteiger partial charge in [0.05, 0.1) is 30.4 Å². The molecular formula is C27H21F3N2O8S. The Bertz CT molecular complexity index is 1650. The molecule has 1 aromatic heterocycles. The van der Waals surface area contributed by atoms with Crippen molar-refractivity contribution < 1.29 is 44.6 Å². The summed E-state index contributed by atoms with van der Waals surface area (Å²) in [5, 5.41) is 11.0. The number of amides is 1. The highest BCUT2D eigenvalue weighted by atomic mass is 32.2. The lowest BCUT2D eigenvalue weighted by Gasteiger charge is -2.22. The number of alkyl halides is 3. The van der Waals surface area contributed by atoms with E-state index < -0.39 is 37.6 Å². The number of nitro groups is 1. The Balaban J connectivity index is 1.64. The maximum Gasteiger partial charge on any atom is 0.416 e. The molecule has 4 rings (SSSR count). The normalized spacial score (nSPS) is 11.6. The molecule has 0 radical (unpaired) electrons. The van der Waals surface area contributed by atoms with Gasteiger partial charge in [-0.3, -0.25) is 14.9 Å². The third kappa shape index (κ3) is 7.03. The Kier molecular flexibility index (Phi) is 8.33. The van der Waals surface area contributed by atoms with Crippen molar-refractivity contribution in [1.82, 2.24) is 4.90 Å². The molecule has 0 aliphatic carbocycles. The number of hydrogen-bond acceptors (Lipinski definition) is 8. The summed E-state index contributed by atoms with van der Waals surface area (Å²) in [6.45, 7) is -0.103. The lowest BCUT2D eigenvalue weighted by molar-refractivity contribution is -0.384. The van der Waals surface area contributed by atoms with Crippen LogP contribution in [0.3, 0.4) is 0 Å². The molecule has 214 valence electrons. The summed E-state index contributed by atoms with van der Waals surface area (Å²) >= 11 is 0. The van der Waals surface area contributed by atoms with Crippen LogP contribution >= 0.6 is 0 Å². The number of methoxy groups -OCH3 is 1. The lowest BCUT2D eigenvalue weighted by Crippen LogP contribution is -2.30. The van der Waals surface area contributed by atoms with E-state index in [2.05, 4.69) is 0 Å². The highest BCUT2D eigenvalue weighted by molar-refractivity contribution is 7.87. The maximum absolute atomic E-state index is 13.4. The van der Waals surface area contributed by atoms with Gasteiger partial charge < -0.3 is 18.2 Å². The van der Waals surface area contributed by atoms with Crippen molar-refractivity contribution in [3.63, 3.8) is 0 Å². The van der Waals surface area contributed by atoms with Crippen LogP contribution < -0.4 is 8.92 Å². The second kappa shape index (κ2) is 11.7. The first kappa shape index (κ1) is 29.1. The van der Waals surface area contributed by atoms with E-state index in [4.69, 9.17) is 13.3 Å². The maximum atomic E-state index is 13.4. The average molecular weight is 591 g/mol. The van der Waals surface area contributed by atoms with Crippen molar-refractivity contribution in [2.75, 3.05) is 7.11 Å².